The number of fused-ring (bicyclic) bond motifs is 1. The molecule has 5 rings (SSSR count). The average Bonchev–Trinajstić information content (AvgIpc) is 2.93. The first-order chi connectivity index (χ1) is 18.4. The maximum Gasteiger partial charge on any atom is 0.282 e. The molecule has 1 aromatic heterocycles. The van der Waals surface area contributed by atoms with Gasteiger partial charge < -0.3 is 9.47 Å². The molecule has 0 aliphatic heterocycles. The second kappa shape index (κ2) is 12.3. The topological polar surface area (TPSA) is 65.7 Å². The van der Waals surface area contributed by atoms with Gasteiger partial charge in [-0.2, -0.15) is 9.78 Å². The number of hydrogen-bond donors (Lipinski definition) is 0. The fourth-order valence-corrected chi connectivity index (χ4v) is 6.12. The summed E-state index contributed by atoms with van der Waals surface area (Å²) in [6.45, 7) is 0.422. The Morgan fingerprint density at radius 1 is 1.05 bits per heavy atom. The normalized spacial score (nSPS) is 14.3. The second-order valence-corrected chi connectivity index (χ2v) is 12.3. The lowest BCUT2D eigenvalue weighted by atomic mass is 9.88. The minimum absolute atomic E-state index is 0.163. The highest BCUT2D eigenvalue weighted by Gasteiger charge is 2.22. The zero-order valence-corrected chi connectivity index (χ0v) is 26.1. The lowest BCUT2D eigenvalue weighted by molar-refractivity contribution is 0.282. The van der Waals surface area contributed by atoms with Crippen LogP contribution in [0.25, 0.3) is 10.9 Å². The quantitative estimate of drug-likeness (QED) is 0.142. The second-order valence-electron chi connectivity index (χ2n) is 9.28. The molecule has 0 spiro atoms. The van der Waals surface area contributed by atoms with E-state index in [2.05, 4.69) is 59.6 Å². The van der Waals surface area contributed by atoms with Gasteiger partial charge in [-0.05, 0) is 89.0 Å². The Morgan fingerprint density at radius 3 is 2.53 bits per heavy atom. The molecule has 1 fully saturated rings. The van der Waals surface area contributed by atoms with Crippen molar-refractivity contribution in [2.24, 2.45) is 5.10 Å². The monoisotopic (exact) mass is 749 g/mol. The first kappa shape index (κ1) is 27.3. The van der Waals surface area contributed by atoms with Crippen molar-refractivity contribution in [2.45, 2.75) is 44.6 Å². The third kappa shape index (κ3) is 6.15. The molecular weight excluding hydrogens is 725 g/mol. The molecular formula is C29H26Br2IN3O3. The van der Waals surface area contributed by atoms with Crippen molar-refractivity contribution in [3.63, 3.8) is 0 Å². The lowest BCUT2D eigenvalue weighted by Crippen LogP contribution is -2.25. The summed E-state index contributed by atoms with van der Waals surface area (Å²) < 4.78 is 16.0. The molecule has 0 atom stereocenters. The molecule has 3 aromatic carbocycles. The first-order valence-corrected chi connectivity index (χ1v) is 15.1. The van der Waals surface area contributed by atoms with Gasteiger partial charge in [0, 0.05) is 14.9 Å². The van der Waals surface area contributed by atoms with Crippen LogP contribution in [0.15, 0.2) is 73.4 Å². The molecule has 6 nitrogen and oxygen atoms in total. The van der Waals surface area contributed by atoms with Crippen LogP contribution in [0.3, 0.4) is 0 Å². The lowest BCUT2D eigenvalue weighted by Gasteiger charge is -2.22. The summed E-state index contributed by atoms with van der Waals surface area (Å²) in [5.74, 6) is 2.23. The van der Waals surface area contributed by atoms with E-state index in [1.807, 2.05) is 54.6 Å². The summed E-state index contributed by atoms with van der Waals surface area (Å²) in [5.41, 5.74) is 2.40. The molecule has 196 valence electrons. The van der Waals surface area contributed by atoms with Gasteiger partial charge in [0.2, 0.25) is 0 Å². The van der Waals surface area contributed by atoms with E-state index in [0.29, 0.717) is 29.0 Å². The Labute approximate surface area is 251 Å². The smallest absolute Gasteiger partial charge is 0.282 e. The van der Waals surface area contributed by atoms with E-state index in [-0.39, 0.29) is 11.5 Å². The summed E-state index contributed by atoms with van der Waals surface area (Å²) >= 11 is 9.18. The van der Waals surface area contributed by atoms with Crippen molar-refractivity contribution < 1.29 is 9.47 Å². The SMILES string of the molecule is COc1cc(C=Nn2c(C3CCCCC3)nc3ccc(Br)cc3c2=O)cc(I)c1OCc1ccc(Br)cc1. The van der Waals surface area contributed by atoms with Crippen molar-refractivity contribution >= 4 is 71.6 Å². The minimum Gasteiger partial charge on any atom is -0.493 e. The zero-order chi connectivity index (χ0) is 26.6. The van der Waals surface area contributed by atoms with Gasteiger partial charge in [-0.25, -0.2) is 4.98 Å². The molecule has 1 heterocycles. The third-order valence-corrected chi connectivity index (χ3v) is 8.50. The first-order valence-electron chi connectivity index (χ1n) is 12.4. The van der Waals surface area contributed by atoms with Crippen molar-refractivity contribution in [1.29, 1.82) is 0 Å². The number of methoxy groups -OCH3 is 1. The highest BCUT2D eigenvalue weighted by Crippen LogP contribution is 2.35. The summed E-state index contributed by atoms with van der Waals surface area (Å²) in [4.78, 5) is 18.5. The molecule has 38 heavy (non-hydrogen) atoms. The molecule has 0 unspecified atom stereocenters. The standard InChI is InChI=1S/C29H26Br2IN3O3/c1-37-26-14-19(13-24(32)27(26)38-17-18-7-9-21(30)10-8-18)16-33-35-28(20-5-3-2-4-6-20)34-25-12-11-22(31)15-23(25)29(35)36/h7-16,20H,2-6,17H2,1H3. The predicted octanol–water partition coefficient (Wildman–Crippen LogP) is 8.04. The van der Waals surface area contributed by atoms with E-state index >= 15 is 0 Å². The number of hydrogen-bond acceptors (Lipinski definition) is 5. The minimum atomic E-state index is -0.163. The molecule has 0 radical (unpaired) electrons. The van der Waals surface area contributed by atoms with Crippen LogP contribution in [0.2, 0.25) is 0 Å². The van der Waals surface area contributed by atoms with E-state index < -0.39 is 0 Å². The number of benzene rings is 3. The summed E-state index contributed by atoms with van der Waals surface area (Å²) in [5, 5.41) is 5.22. The molecule has 9 heteroatoms. The molecule has 4 aromatic rings. The highest BCUT2D eigenvalue weighted by atomic mass is 127. The van der Waals surface area contributed by atoms with Gasteiger partial charge in [0.15, 0.2) is 11.5 Å². The third-order valence-electron chi connectivity index (χ3n) is 6.67. The highest BCUT2D eigenvalue weighted by molar-refractivity contribution is 14.1. The fraction of sp³-hybridized carbons (Fsp3) is 0.276. The number of nitrogens with zero attached hydrogens (tertiary/aromatic N) is 3. The maximum atomic E-state index is 13.6. The Bertz CT molecular complexity index is 1550. The van der Waals surface area contributed by atoms with Gasteiger partial charge in [0.1, 0.15) is 12.4 Å². The van der Waals surface area contributed by atoms with Crippen LogP contribution in [0.4, 0.5) is 0 Å². The van der Waals surface area contributed by atoms with E-state index in [4.69, 9.17) is 14.5 Å². The van der Waals surface area contributed by atoms with Gasteiger partial charge in [-0.1, -0.05) is 63.3 Å². The van der Waals surface area contributed by atoms with Crippen molar-refractivity contribution in [3.05, 3.63) is 94.4 Å². The van der Waals surface area contributed by atoms with Crippen LogP contribution in [0.5, 0.6) is 11.5 Å². The molecule has 1 aliphatic carbocycles. The van der Waals surface area contributed by atoms with Gasteiger partial charge in [0.25, 0.3) is 5.56 Å². The summed E-state index contributed by atoms with van der Waals surface area (Å²) in [6, 6.07) is 17.5. The van der Waals surface area contributed by atoms with Crippen LogP contribution in [0.1, 0.15) is 55.0 Å². The van der Waals surface area contributed by atoms with Crippen LogP contribution in [0, 0.1) is 3.57 Å². The molecule has 0 bridgehead atoms. The average molecular weight is 751 g/mol. The van der Waals surface area contributed by atoms with Gasteiger partial charge in [-0.3, -0.25) is 4.79 Å². The molecule has 0 saturated heterocycles. The molecule has 1 aliphatic rings. The zero-order valence-electron chi connectivity index (χ0n) is 20.8. The van der Waals surface area contributed by atoms with Crippen LogP contribution >= 0.6 is 54.5 Å². The molecule has 1 saturated carbocycles. The van der Waals surface area contributed by atoms with Crippen molar-refractivity contribution in [1.82, 2.24) is 9.66 Å². The van der Waals surface area contributed by atoms with Gasteiger partial charge in [0.05, 0.1) is 27.8 Å². The van der Waals surface area contributed by atoms with Crippen molar-refractivity contribution in [3.8, 4) is 11.5 Å². The Morgan fingerprint density at radius 2 is 1.79 bits per heavy atom. The van der Waals surface area contributed by atoms with E-state index in [9.17, 15) is 4.79 Å². The molecule has 0 N–H and O–H groups in total. The Hall–Kier alpha value is -2.24. The number of aromatic nitrogens is 2. The predicted molar refractivity (Wildman–Crippen MR) is 167 cm³/mol. The van der Waals surface area contributed by atoms with Crippen LogP contribution in [-0.2, 0) is 6.61 Å². The Kier molecular flexibility index (Phi) is 8.84. The Balaban J connectivity index is 1.49. The largest absolute Gasteiger partial charge is 0.493 e. The van der Waals surface area contributed by atoms with Crippen LogP contribution < -0.4 is 15.0 Å². The maximum absolute atomic E-state index is 13.6. The number of ether oxygens (including phenoxy) is 2. The summed E-state index contributed by atoms with van der Waals surface area (Å²) in [6.07, 6.45) is 7.22. The fourth-order valence-electron chi connectivity index (χ4n) is 4.72. The van der Waals surface area contributed by atoms with E-state index in [1.165, 1.54) is 11.1 Å². The van der Waals surface area contributed by atoms with Crippen LogP contribution in [-0.4, -0.2) is 23.0 Å². The number of rotatable bonds is 7. The van der Waals surface area contributed by atoms with Gasteiger partial charge >= 0.3 is 0 Å². The van der Waals surface area contributed by atoms with E-state index in [0.717, 1.165) is 55.2 Å². The van der Waals surface area contributed by atoms with Crippen molar-refractivity contribution in [2.75, 3.05) is 7.11 Å². The summed E-state index contributed by atoms with van der Waals surface area (Å²) in [7, 11) is 1.62. The molecule has 0 amide bonds. The van der Waals surface area contributed by atoms with E-state index in [1.54, 1.807) is 13.3 Å². The van der Waals surface area contributed by atoms with Gasteiger partial charge in [-0.15, -0.1) is 0 Å². The number of halogens is 3.